The molecule has 0 radical (unpaired) electrons. The molecule has 0 heterocycles. The van der Waals surface area contributed by atoms with Gasteiger partial charge in [-0.2, -0.15) is 23.5 Å². The van der Waals surface area contributed by atoms with Crippen molar-refractivity contribution in [2.75, 3.05) is 23.9 Å². The lowest BCUT2D eigenvalue weighted by Gasteiger charge is -2.34. The van der Waals surface area contributed by atoms with Crippen LogP contribution in [0.2, 0.25) is 0 Å². The first-order valence-electron chi connectivity index (χ1n) is 25.7. The zero-order chi connectivity index (χ0) is 41.7. The highest BCUT2D eigenvalue weighted by atomic mass is 32.2. The molecule has 4 unspecified atom stereocenters. The van der Waals surface area contributed by atoms with E-state index in [4.69, 9.17) is 4.74 Å². The third kappa shape index (κ3) is 38.7. The lowest BCUT2D eigenvalue weighted by Crippen LogP contribution is -2.44. The first kappa shape index (κ1) is 57.1. The number of hydrogen-bond acceptors (Lipinski definition) is 6. The van der Waals surface area contributed by atoms with Gasteiger partial charge in [0, 0.05) is 6.42 Å². The van der Waals surface area contributed by atoms with Crippen LogP contribution in [0.1, 0.15) is 272 Å². The van der Waals surface area contributed by atoms with Crippen molar-refractivity contribution in [1.29, 1.82) is 0 Å². The number of carbonyl (C=O) groups is 1. The molecule has 2 N–H and O–H groups in total. The van der Waals surface area contributed by atoms with Gasteiger partial charge >= 0.3 is 5.97 Å². The molecule has 4 nitrogen and oxygen atoms in total. The summed E-state index contributed by atoms with van der Waals surface area (Å²) in [5.74, 6) is 3.01. The van der Waals surface area contributed by atoms with Crippen molar-refractivity contribution in [3.05, 3.63) is 0 Å². The van der Waals surface area contributed by atoms with Crippen LogP contribution in [0.4, 0.5) is 0 Å². The minimum atomic E-state index is -0.650. The molecule has 0 aliphatic rings. The van der Waals surface area contributed by atoms with Crippen molar-refractivity contribution >= 4 is 29.5 Å². The largest absolute Gasteiger partial charge is 0.459 e. The lowest BCUT2D eigenvalue weighted by atomic mass is 9.92. The minimum Gasteiger partial charge on any atom is -0.459 e. The maximum atomic E-state index is 13.1. The fraction of sp³-hybridized carbons (Fsp3) is 0.980. The second kappa shape index (κ2) is 47.1. The molecule has 0 aromatic rings. The fourth-order valence-electron chi connectivity index (χ4n) is 8.16. The summed E-state index contributed by atoms with van der Waals surface area (Å²) in [7, 11) is 0. The van der Waals surface area contributed by atoms with E-state index in [2.05, 4.69) is 27.7 Å². The number of rotatable bonds is 48. The van der Waals surface area contributed by atoms with E-state index in [1.807, 2.05) is 11.8 Å². The lowest BCUT2D eigenvalue weighted by molar-refractivity contribution is -0.152. The first-order chi connectivity index (χ1) is 28.0. The van der Waals surface area contributed by atoms with E-state index in [0.717, 1.165) is 49.4 Å². The van der Waals surface area contributed by atoms with Crippen molar-refractivity contribution in [3.63, 3.8) is 0 Å². The number of hydrogen-bond donors (Lipinski definition) is 2. The molecule has 57 heavy (non-hydrogen) atoms. The van der Waals surface area contributed by atoms with Gasteiger partial charge in [-0.1, -0.05) is 240 Å². The van der Waals surface area contributed by atoms with Crippen LogP contribution in [-0.2, 0) is 9.53 Å². The highest BCUT2D eigenvalue weighted by Crippen LogP contribution is 2.32. The van der Waals surface area contributed by atoms with Gasteiger partial charge in [0.25, 0.3) is 0 Å². The molecule has 0 spiro atoms. The summed E-state index contributed by atoms with van der Waals surface area (Å²) < 4.78 is 6.07. The topological polar surface area (TPSA) is 66.8 Å². The van der Waals surface area contributed by atoms with Gasteiger partial charge in [0.2, 0.25) is 0 Å². The van der Waals surface area contributed by atoms with Crippen molar-refractivity contribution in [1.82, 2.24) is 0 Å². The molecular weight excluding hydrogens is 741 g/mol. The molecule has 0 aliphatic carbocycles. The van der Waals surface area contributed by atoms with Gasteiger partial charge in [-0.05, 0) is 48.9 Å². The number of carbonyl (C=O) groups excluding carboxylic acids is 1. The quantitative estimate of drug-likeness (QED) is 0.0470. The maximum absolute atomic E-state index is 13.1. The van der Waals surface area contributed by atoms with Crippen LogP contribution in [0, 0.1) is 5.92 Å². The molecule has 4 atom stereocenters. The van der Waals surface area contributed by atoms with Gasteiger partial charge in [-0.25, -0.2) is 0 Å². The maximum Gasteiger partial charge on any atom is 0.306 e. The number of aliphatic hydroxyl groups is 2. The van der Waals surface area contributed by atoms with Gasteiger partial charge in [0.15, 0.2) is 0 Å². The van der Waals surface area contributed by atoms with E-state index in [0.29, 0.717) is 6.42 Å². The third-order valence-electron chi connectivity index (χ3n) is 12.1. The highest BCUT2D eigenvalue weighted by molar-refractivity contribution is 8.00. The summed E-state index contributed by atoms with van der Waals surface area (Å²) >= 11 is 3.79. The molecule has 0 aromatic heterocycles. The molecule has 0 fully saturated rings. The van der Waals surface area contributed by atoms with E-state index >= 15 is 0 Å². The SMILES string of the molecule is CCCCCCCCCCCCSCC(CCCCCCCCCCC)C(O)C(SCCCCCCCCCCCC)C(CO)OC(=O)CCCCCCCCC. The second-order valence-corrected chi connectivity index (χ2v) is 20.2. The number of unbranched alkanes of at least 4 members (excludes halogenated alkanes) is 32. The van der Waals surface area contributed by atoms with Crippen LogP contribution in [0.5, 0.6) is 0 Å². The standard InChI is InChI=1S/C51H102O4S2/c1-5-9-13-17-21-24-27-31-35-39-43-56-46-47(41-37-33-30-26-23-19-15-11-7-3)50(54)51(57-44-40-36-32-28-25-22-18-14-10-6-2)48(45-52)55-49(53)42-38-34-29-20-16-12-8-4/h47-48,50-52,54H,5-46H2,1-4H3. The van der Waals surface area contributed by atoms with Crippen LogP contribution in [0.15, 0.2) is 0 Å². The normalized spacial score (nSPS) is 13.9. The summed E-state index contributed by atoms with van der Waals surface area (Å²) in [4.78, 5) is 13.1. The van der Waals surface area contributed by atoms with Crippen LogP contribution < -0.4 is 0 Å². The molecule has 0 saturated carbocycles. The average Bonchev–Trinajstić information content (AvgIpc) is 3.21. The molecule has 0 saturated heterocycles. The number of esters is 1. The predicted molar refractivity (Wildman–Crippen MR) is 258 cm³/mol. The van der Waals surface area contributed by atoms with E-state index in [1.165, 1.54) is 205 Å². The van der Waals surface area contributed by atoms with Crippen LogP contribution in [0.3, 0.4) is 0 Å². The summed E-state index contributed by atoms with van der Waals surface area (Å²) in [5.41, 5.74) is 0. The molecule has 0 bridgehead atoms. The predicted octanol–water partition coefficient (Wildman–Crippen LogP) is 16.6. The van der Waals surface area contributed by atoms with Crippen LogP contribution in [-0.4, -0.2) is 57.5 Å². The zero-order valence-corrected chi connectivity index (χ0v) is 40.7. The van der Waals surface area contributed by atoms with Crippen molar-refractivity contribution in [2.24, 2.45) is 5.92 Å². The van der Waals surface area contributed by atoms with Gasteiger partial charge in [0.05, 0.1) is 18.0 Å². The molecular formula is C51H102O4S2. The number of ether oxygens (including phenoxy) is 1. The minimum absolute atomic E-state index is 0.156. The van der Waals surface area contributed by atoms with Crippen molar-refractivity contribution in [2.45, 2.75) is 289 Å². The Bertz CT molecular complexity index is 782. The highest BCUT2D eigenvalue weighted by Gasteiger charge is 2.35. The number of thioether (sulfide) groups is 2. The third-order valence-corrected chi connectivity index (χ3v) is 14.8. The smallest absolute Gasteiger partial charge is 0.306 e. The Morgan fingerprint density at radius 3 is 1.23 bits per heavy atom. The Morgan fingerprint density at radius 1 is 0.474 bits per heavy atom. The van der Waals surface area contributed by atoms with E-state index < -0.39 is 12.2 Å². The van der Waals surface area contributed by atoms with Crippen LogP contribution in [0.25, 0.3) is 0 Å². The Hall–Kier alpha value is 0.0900. The summed E-state index contributed by atoms with van der Waals surface area (Å²) in [6.45, 7) is 8.88. The van der Waals surface area contributed by atoms with Crippen molar-refractivity contribution < 1.29 is 19.7 Å². The second-order valence-electron chi connectivity index (χ2n) is 17.7. The van der Waals surface area contributed by atoms with E-state index in [-0.39, 0.29) is 23.7 Å². The van der Waals surface area contributed by atoms with Crippen LogP contribution >= 0.6 is 23.5 Å². The van der Waals surface area contributed by atoms with Crippen molar-refractivity contribution in [3.8, 4) is 0 Å². The Labute approximate surface area is 366 Å². The van der Waals surface area contributed by atoms with E-state index in [1.54, 1.807) is 11.8 Å². The Kier molecular flexibility index (Phi) is 47.2. The molecule has 0 amide bonds. The van der Waals surface area contributed by atoms with Gasteiger partial charge < -0.3 is 14.9 Å². The molecule has 0 rings (SSSR count). The van der Waals surface area contributed by atoms with Gasteiger partial charge in [-0.15, -0.1) is 0 Å². The summed E-state index contributed by atoms with van der Waals surface area (Å²) in [6, 6.07) is 0. The zero-order valence-electron chi connectivity index (χ0n) is 39.0. The average molecular weight is 844 g/mol. The fourth-order valence-corrected chi connectivity index (χ4v) is 10.8. The molecule has 0 aromatic carbocycles. The van der Waals surface area contributed by atoms with E-state index in [9.17, 15) is 15.0 Å². The first-order valence-corrected chi connectivity index (χ1v) is 27.9. The monoisotopic (exact) mass is 843 g/mol. The Balaban J connectivity index is 5.32. The van der Waals surface area contributed by atoms with Gasteiger partial charge in [-0.3, -0.25) is 4.79 Å². The molecule has 342 valence electrons. The summed E-state index contributed by atoms with van der Waals surface area (Å²) in [5, 5.41) is 22.6. The van der Waals surface area contributed by atoms with Gasteiger partial charge in [0.1, 0.15) is 6.10 Å². The molecule has 0 aliphatic heterocycles. The summed E-state index contributed by atoms with van der Waals surface area (Å²) in [6.07, 6.45) is 46.7. The Morgan fingerprint density at radius 2 is 0.825 bits per heavy atom. The number of aliphatic hydroxyl groups excluding tert-OH is 2. The molecule has 6 heteroatoms.